The number of pyridine rings is 2. The van der Waals surface area contributed by atoms with Crippen LogP contribution < -0.4 is 26.3 Å². The Morgan fingerprint density at radius 2 is 2.12 bits per heavy atom. The smallest absolute Gasteiger partial charge is 0.276 e. The number of nitrogens with one attached hydrogen (secondary N) is 2. The van der Waals surface area contributed by atoms with Gasteiger partial charge in [0.15, 0.2) is 16.7 Å². The van der Waals surface area contributed by atoms with Gasteiger partial charge in [-0.3, -0.25) is 14.5 Å². The van der Waals surface area contributed by atoms with Crippen LogP contribution in [0.4, 0.5) is 10.9 Å². The third kappa shape index (κ3) is 5.73. The number of carbonyl (C=O) groups excluding carboxylic acids is 3. The van der Waals surface area contributed by atoms with Gasteiger partial charge in [-0.25, -0.2) is 9.97 Å². The summed E-state index contributed by atoms with van der Waals surface area (Å²) in [6.07, 6.45) is 5.33. The molecule has 40 heavy (non-hydrogen) atoms. The number of hydrogen-bond acceptors (Lipinski definition) is 13. The monoisotopic (exact) mass is 598 g/mol. The third-order valence-corrected chi connectivity index (χ3v) is 8.92. The molecule has 0 radical (unpaired) electrons. The number of carboxylic acids is 1. The number of nitrogens with zero attached hydrogens (tertiary/aromatic N) is 5. The van der Waals surface area contributed by atoms with E-state index in [1.54, 1.807) is 16.3 Å². The van der Waals surface area contributed by atoms with E-state index in [4.69, 9.17) is 10.6 Å². The lowest BCUT2D eigenvalue weighted by Crippen LogP contribution is -2.71. The van der Waals surface area contributed by atoms with Crippen molar-refractivity contribution in [2.24, 2.45) is 5.16 Å². The molecule has 13 nitrogen and oxygen atoms in total. The Morgan fingerprint density at radius 3 is 2.77 bits per heavy atom. The Labute approximate surface area is 240 Å². The predicted molar refractivity (Wildman–Crippen MR) is 148 cm³/mol. The van der Waals surface area contributed by atoms with Crippen molar-refractivity contribution < 1.29 is 29.0 Å². The van der Waals surface area contributed by atoms with Crippen LogP contribution in [-0.4, -0.2) is 68.4 Å². The number of nitrogen functional groups attached to an aromatic ring is 1. The van der Waals surface area contributed by atoms with Gasteiger partial charge in [0.1, 0.15) is 24.2 Å². The van der Waals surface area contributed by atoms with Crippen molar-refractivity contribution in [2.45, 2.75) is 16.3 Å². The second-order valence-corrected chi connectivity index (χ2v) is 11.4. The SMILES string of the molecule is CO/N=C(\C(=O)N[C@@H]1C(=O)N2C(C(=O)[O-])=C(CSc3cc[n+](Nc4ccccn4)cc3)CS[C@H]12)c1csc(N)n1. The molecule has 0 bridgehead atoms. The number of anilines is 2. The van der Waals surface area contributed by atoms with Crippen LogP contribution in [0.5, 0.6) is 0 Å². The van der Waals surface area contributed by atoms with Crippen LogP contribution in [0.1, 0.15) is 5.69 Å². The van der Waals surface area contributed by atoms with Gasteiger partial charge < -0.3 is 25.8 Å². The summed E-state index contributed by atoms with van der Waals surface area (Å²) in [4.78, 5) is 53.1. The molecular weight excluding hydrogens is 577 g/mol. The maximum absolute atomic E-state index is 13.0. The number of carboxylic acid groups (broad SMARTS) is 1. The highest BCUT2D eigenvalue weighted by molar-refractivity contribution is 8.01. The summed E-state index contributed by atoms with van der Waals surface area (Å²) in [5.74, 6) is -1.30. The predicted octanol–water partition coefficient (Wildman–Crippen LogP) is -0.170. The Kier molecular flexibility index (Phi) is 8.18. The summed E-state index contributed by atoms with van der Waals surface area (Å²) in [6, 6.07) is 8.36. The normalized spacial score (nSPS) is 18.6. The average Bonchev–Trinajstić information content (AvgIpc) is 3.39. The summed E-state index contributed by atoms with van der Waals surface area (Å²) in [5.41, 5.74) is 9.24. The van der Waals surface area contributed by atoms with E-state index in [0.29, 0.717) is 22.9 Å². The molecule has 5 rings (SSSR count). The minimum absolute atomic E-state index is 0.144. The van der Waals surface area contributed by atoms with Gasteiger partial charge in [0.2, 0.25) is 12.4 Å². The first-order valence-corrected chi connectivity index (χ1v) is 14.6. The molecule has 2 aliphatic heterocycles. The number of β-lactam (4-membered cyclic amide) rings is 1. The van der Waals surface area contributed by atoms with Crippen molar-refractivity contribution in [3.8, 4) is 0 Å². The topological polar surface area (TPSA) is 179 Å². The van der Waals surface area contributed by atoms with Crippen LogP contribution in [0.2, 0.25) is 0 Å². The quantitative estimate of drug-likeness (QED) is 0.0927. The molecule has 0 saturated carbocycles. The van der Waals surface area contributed by atoms with Gasteiger partial charge in [-0.05, 0) is 17.7 Å². The van der Waals surface area contributed by atoms with Gasteiger partial charge in [-0.1, -0.05) is 15.9 Å². The van der Waals surface area contributed by atoms with Crippen LogP contribution in [0.25, 0.3) is 0 Å². The summed E-state index contributed by atoms with van der Waals surface area (Å²) >= 11 is 3.93. The number of hydrogen-bond donors (Lipinski definition) is 3. The van der Waals surface area contributed by atoms with Crippen LogP contribution in [0.3, 0.4) is 0 Å². The maximum atomic E-state index is 13.0. The second kappa shape index (κ2) is 11.9. The fourth-order valence-corrected chi connectivity index (χ4v) is 6.92. The van der Waals surface area contributed by atoms with Crippen molar-refractivity contribution in [3.63, 3.8) is 0 Å². The van der Waals surface area contributed by atoms with E-state index in [1.807, 2.05) is 42.7 Å². The van der Waals surface area contributed by atoms with Gasteiger partial charge in [0.05, 0.1) is 11.7 Å². The molecule has 5 heterocycles. The first kappa shape index (κ1) is 27.4. The van der Waals surface area contributed by atoms with E-state index in [9.17, 15) is 19.5 Å². The fraction of sp³-hybridized carbons (Fsp3) is 0.208. The Balaban J connectivity index is 1.24. The molecule has 0 aromatic carbocycles. The molecule has 0 spiro atoms. The number of oxime groups is 1. The first-order valence-electron chi connectivity index (χ1n) is 11.7. The first-order chi connectivity index (χ1) is 19.4. The molecule has 4 N–H and O–H groups in total. The van der Waals surface area contributed by atoms with Crippen molar-refractivity contribution in [3.05, 3.63) is 71.3 Å². The molecule has 0 unspecified atom stereocenters. The zero-order chi connectivity index (χ0) is 28.2. The molecule has 1 saturated heterocycles. The number of aliphatic carboxylic acids is 1. The number of nitrogens with two attached hydrogens (primary N) is 1. The second-order valence-electron chi connectivity index (χ2n) is 8.35. The van der Waals surface area contributed by atoms with Crippen LogP contribution >= 0.6 is 34.9 Å². The van der Waals surface area contributed by atoms with E-state index in [2.05, 4.69) is 25.9 Å². The number of amides is 2. The molecular formula is C24H22N8O5S3. The number of thioether (sulfide) groups is 2. The molecule has 206 valence electrons. The van der Waals surface area contributed by atoms with Crippen LogP contribution in [0.15, 0.2) is 75.6 Å². The number of aromatic nitrogens is 3. The van der Waals surface area contributed by atoms with Gasteiger partial charge >= 0.3 is 0 Å². The van der Waals surface area contributed by atoms with Crippen molar-refractivity contribution in [2.75, 3.05) is 29.8 Å². The van der Waals surface area contributed by atoms with E-state index < -0.39 is 29.2 Å². The lowest BCUT2D eigenvalue weighted by molar-refractivity contribution is -0.643. The summed E-state index contributed by atoms with van der Waals surface area (Å²) < 4.78 is 1.75. The highest BCUT2D eigenvalue weighted by Gasteiger charge is 2.53. The molecule has 3 aromatic rings. The summed E-state index contributed by atoms with van der Waals surface area (Å²) in [5, 5.41) is 19.6. The number of fused-ring (bicyclic) bond motifs is 1. The Hall–Kier alpha value is -4.15. The lowest BCUT2D eigenvalue weighted by atomic mass is 10.0. The van der Waals surface area contributed by atoms with Gasteiger partial charge in [0.25, 0.3) is 11.8 Å². The van der Waals surface area contributed by atoms with Gasteiger partial charge in [-0.2, -0.15) is 0 Å². The summed E-state index contributed by atoms with van der Waals surface area (Å²) in [6.45, 7) is 0. The Bertz CT molecular complexity index is 1500. The van der Waals surface area contributed by atoms with Crippen LogP contribution in [-0.2, 0) is 19.2 Å². The molecule has 0 aliphatic carbocycles. The Morgan fingerprint density at radius 1 is 1.32 bits per heavy atom. The van der Waals surface area contributed by atoms with E-state index in [1.165, 1.54) is 35.5 Å². The lowest BCUT2D eigenvalue weighted by Gasteiger charge is -2.50. The zero-order valence-corrected chi connectivity index (χ0v) is 23.3. The van der Waals surface area contributed by atoms with Crippen LogP contribution in [0, 0.1) is 0 Å². The van der Waals surface area contributed by atoms with Gasteiger partial charge in [-0.15, -0.1) is 40.3 Å². The molecule has 3 aromatic heterocycles. The van der Waals surface area contributed by atoms with Crippen molar-refractivity contribution in [1.82, 2.24) is 20.2 Å². The molecule has 2 amide bonds. The molecule has 2 aliphatic rings. The van der Waals surface area contributed by atoms with Crippen molar-refractivity contribution in [1.29, 1.82) is 0 Å². The number of carbonyl (C=O) groups is 3. The standard InChI is InChI=1S/C24H22N8O5S3/c1-37-30-17(15-12-40-24(25)27-15)20(33)28-18-21(34)32-19(23(35)36)13(11-39-22(18)32)10-38-14-5-8-31(9-6-14)29-16-4-2-3-7-26-16/h2-9,12,18,22H,10-11H2,1H3,(H4-,25,26,27,28,29,33,35,36)/b30-17-/t18-,22-/m1/s1. The third-order valence-electron chi connectivity index (χ3n) is 5.81. The van der Waals surface area contributed by atoms with E-state index in [-0.39, 0.29) is 22.2 Å². The minimum atomic E-state index is -1.44. The maximum Gasteiger partial charge on any atom is 0.276 e. The molecule has 2 atom stereocenters. The van der Waals surface area contributed by atoms with Gasteiger partial charge in [0, 0.05) is 40.1 Å². The number of rotatable bonds is 10. The molecule has 16 heteroatoms. The van der Waals surface area contributed by atoms with E-state index >= 15 is 0 Å². The largest absolute Gasteiger partial charge is 0.543 e. The highest BCUT2D eigenvalue weighted by Crippen LogP contribution is 2.41. The fourth-order valence-electron chi connectivity index (χ4n) is 4.00. The highest BCUT2D eigenvalue weighted by atomic mass is 32.2. The van der Waals surface area contributed by atoms with E-state index in [0.717, 1.165) is 16.2 Å². The average molecular weight is 599 g/mol. The molecule has 1 fully saturated rings. The summed E-state index contributed by atoms with van der Waals surface area (Å²) in [7, 11) is 1.28. The number of thiazole rings is 1. The zero-order valence-electron chi connectivity index (χ0n) is 20.8. The minimum Gasteiger partial charge on any atom is -0.543 e. The van der Waals surface area contributed by atoms with Crippen molar-refractivity contribution >= 4 is 69.3 Å².